The van der Waals surface area contributed by atoms with E-state index in [2.05, 4.69) is 38.4 Å². The number of benzene rings is 1. The number of tetrazole rings is 1. The van der Waals surface area contributed by atoms with E-state index in [-0.39, 0.29) is 0 Å². The van der Waals surface area contributed by atoms with Gasteiger partial charge in [-0.15, -0.1) is 5.10 Å². The predicted molar refractivity (Wildman–Crippen MR) is 81.1 cm³/mol. The zero-order chi connectivity index (χ0) is 14.4. The van der Waals surface area contributed by atoms with Crippen LogP contribution in [-0.2, 0) is 11.3 Å². The minimum atomic E-state index is 0.601. The Labute approximate surface area is 126 Å². The Morgan fingerprint density at radius 3 is 2.95 bits per heavy atom. The topological polar surface area (TPSA) is 78.8 Å². The lowest BCUT2D eigenvalue weighted by Gasteiger charge is -2.07. The molecule has 0 aliphatic carbocycles. The van der Waals surface area contributed by atoms with E-state index in [9.17, 15) is 0 Å². The Morgan fingerprint density at radius 2 is 2.20 bits per heavy atom. The number of hydrogen-bond donors (Lipinski definition) is 1. The highest BCUT2D eigenvalue weighted by molar-refractivity contribution is 9.10. The summed E-state index contributed by atoms with van der Waals surface area (Å²) >= 11 is 3.37. The number of nitrogens with zero attached hydrogens (tertiary/aromatic N) is 4. The van der Waals surface area contributed by atoms with Crippen LogP contribution in [0.1, 0.15) is 19.8 Å². The summed E-state index contributed by atoms with van der Waals surface area (Å²) in [4.78, 5) is 0. The third-order valence-electron chi connectivity index (χ3n) is 2.88. The minimum absolute atomic E-state index is 0.601. The molecule has 0 radical (unpaired) electrons. The predicted octanol–water partition coefficient (Wildman–Crippen LogP) is 2.50. The molecule has 7 heteroatoms. The van der Waals surface area contributed by atoms with E-state index in [1.54, 1.807) is 4.68 Å². The van der Waals surface area contributed by atoms with Crippen LogP contribution in [0.4, 0.5) is 5.69 Å². The normalized spacial score (nSPS) is 10.9. The lowest BCUT2D eigenvalue weighted by molar-refractivity contribution is 0.121. The summed E-state index contributed by atoms with van der Waals surface area (Å²) in [5, 5.41) is 11.8. The second kappa shape index (κ2) is 7.35. The fourth-order valence-electron chi connectivity index (χ4n) is 1.74. The summed E-state index contributed by atoms with van der Waals surface area (Å²) in [6, 6.07) is 5.67. The lowest BCUT2D eigenvalue weighted by atomic mass is 10.2. The maximum absolute atomic E-state index is 5.88. The van der Waals surface area contributed by atoms with Crippen molar-refractivity contribution in [1.29, 1.82) is 0 Å². The van der Waals surface area contributed by atoms with E-state index < -0.39 is 0 Å². The van der Waals surface area contributed by atoms with Gasteiger partial charge in [-0.1, -0.05) is 13.3 Å². The monoisotopic (exact) mass is 339 g/mol. The van der Waals surface area contributed by atoms with Gasteiger partial charge in [0.15, 0.2) is 5.82 Å². The molecule has 2 rings (SSSR count). The standard InChI is InChI=1S/C13H18BrN5O/c1-2-3-7-20-8-6-19-13(16-17-18-19)10-4-5-11(14)12(15)9-10/h4-5,9H,2-3,6-8,15H2,1H3. The molecular formula is C13H18BrN5O. The van der Waals surface area contributed by atoms with Crippen molar-refractivity contribution in [3.8, 4) is 11.4 Å². The van der Waals surface area contributed by atoms with Crippen molar-refractivity contribution in [3.63, 3.8) is 0 Å². The van der Waals surface area contributed by atoms with Gasteiger partial charge in [0, 0.05) is 22.3 Å². The lowest BCUT2D eigenvalue weighted by Crippen LogP contribution is -2.10. The molecule has 2 aromatic rings. The molecule has 0 saturated heterocycles. The van der Waals surface area contributed by atoms with Crippen LogP contribution in [0.5, 0.6) is 0 Å². The molecule has 0 atom stereocenters. The van der Waals surface area contributed by atoms with Crippen LogP contribution >= 0.6 is 15.9 Å². The zero-order valence-electron chi connectivity index (χ0n) is 11.4. The van der Waals surface area contributed by atoms with E-state index in [1.807, 2.05) is 18.2 Å². The number of ether oxygens (including phenoxy) is 1. The summed E-state index contributed by atoms with van der Waals surface area (Å²) in [7, 11) is 0. The zero-order valence-corrected chi connectivity index (χ0v) is 13.0. The highest BCUT2D eigenvalue weighted by Gasteiger charge is 2.10. The molecule has 1 aromatic carbocycles. The molecule has 0 bridgehead atoms. The van der Waals surface area contributed by atoms with Crippen LogP contribution in [0.2, 0.25) is 0 Å². The number of halogens is 1. The number of nitrogen functional groups attached to an aromatic ring is 1. The molecule has 20 heavy (non-hydrogen) atoms. The molecule has 6 nitrogen and oxygen atoms in total. The Morgan fingerprint density at radius 1 is 1.35 bits per heavy atom. The SMILES string of the molecule is CCCCOCCn1nnnc1-c1ccc(Br)c(N)c1. The molecule has 0 fully saturated rings. The van der Waals surface area contributed by atoms with E-state index in [4.69, 9.17) is 10.5 Å². The fourth-order valence-corrected chi connectivity index (χ4v) is 1.99. The Hall–Kier alpha value is -1.47. The van der Waals surface area contributed by atoms with Crippen molar-refractivity contribution in [3.05, 3.63) is 22.7 Å². The molecule has 2 N–H and O–H groups in total. The number of nitrogens with two attached hydrogens (primary N) is 1. The van der Waals surface area contributed by atoms with Crippen molar-refractivity contribution in [2.75, 3.05) is 18.9 Å². The molecule has 1 heterocycles. The van der Waals surface area contributed by atoms with Gasteiger partial charge in [0.1, 0.15) is 0 Å². The highest BCUT2D eigenvalue weighted by atomic mass is 79.9. The number of anilines is 1. The Bertz CT molecular complexity index is 557. The summed E-state index contributed by atoms with van der Waals surface area (Å²) in [6.07, 6.45) is 2.21. The van der Waals surface area contributed by atoms with E-state index >= 15 is 0 Å². The first-order valence-corrected chi connectivity index (χ1v) is 7.41. The number of aromatic nitrogens is 4. The fraction of sp³-hybridized carbons (Fsp3) is 0.462. The Balaban J connectivity index is 2.02. The molecule has 0 amide bonds. The van der Waals surface area contributed by atoms with Gasteiger partial charge in [-0.2, -0.15) is 0 Å². The van der Waals surface area contributed by atoms with E-state index in [1.165, 1.54) is 0 Å². The average molecular weight is 340 g/mol. The quantitative estimate of drug-likeness (QED) is 0.619. The molecule has 0 saturated carbocycles. The second-order valence-electron chi connectivity index (χ2n) is 4.43. The van der Waals surface area contributed by atoms with Crippen LogP contribution in [-0.4, -0.2) is 33.4 Å². The third-order valence-corrected chi connectivity index (χ3v) is 3.60. The summed E-state index contributed by atoms with van der Waals surface area (Å²) in [5.41, 5.74) is 7.44. The maximum Gasteiger partial charge on any atom is 0.182 e. The van der Waals surface area contributed by atoms with Gasteiger partial charge >= 0.3 is 0 Å². The molecule has 108 valence electrons. The molecule has 1 aromatic heterocycles. The first-order valence-electron chi connectivity index (χ1n) is 6.61. The molecule has 0 aliphatic rings. The van der Waals surface area contributed by atoms with Gasteiger partial charge in [0.25, 0.3) is 0 Å². The summed E-state index contributed by atoms with van der Waals surface area (Å²) < 4.78 is 8.13. The smallest absolute Gasteiger partial charge is 0.182 e. The summed E-state index contributed by atoms with van der Waals surface area (Å²) in [6.45, 7) is 4.14. The maximum atomic E-state index is 5.88. The van der Waals surface area contributed by atoms with Gasteiger partial charge in [0.05, 0.1) is 13.2 Å². The van der Waals surface area contributed by atoms with Gasteiger partial charge in [-0.3, -0.25) is 0 Å². The highest BCUT2D eigenvalue weighted by Crippen LogP contribution is 2.25. The van der Waals surface area contributed by atoms with E-state index in [0.717, 1.165) is 29.5 Å². The van der Waals surface area contributed by atoms with Gasteiger partial charge in [-0.25, -0.2) is 4.68 Å². The number of unbranched alkanes of at least 4 members (excludes halogenated alkanes) is 1. The van der Waals surface area contributed by atoms with Crippen LogP contribution in [0.3, 0.4) is 0 Å². The van der Waals surface area contributed by atoms with Crippen LogP contribution in [0.15, 0.2) is 22.7 Å². The second-order valence-corrected chi connectivity index (χ2v) is 5.28. The van der Waals surface area contributed by atoms with Crippen molar-refractivity contribution < 1.29 is 4.74 Å². The largest absolute Gasteiger partial charge is 0.398 e. The van der Waals surface area contributed by atoms with Crippen molar-refractivity contribution in [2.24, 2.45) is 0 Å². The molecule has 0 aliphatic heterocycles. The third kappa shape index (κ3) is 3.77. The van der Waals surface area contributed by atoms with E-state index in [0.29, 0.717) is 24.7 Å². The van der Waals surface area contributed by atoms with Crippen LogP contribution in [0.25, 0.3) is 11.4 Å². The summed E-state index contributed by atoms with van der Waals surface area (Å²) in [5.74, 6) is 0.697. The number of hydrogen-bond acceptors (Lipinski definition) is 5. The average Bonchev–Trinajstić information content (AvgIpc) is 2.90. The van der Waals surface area contributed by atoms with Crippen LogP contribution < -0.4 is 5.73 Å². The number of rotatable bonds is 7. The van der Waals surface area contributed by atoms with Crippen molar-refractivity contribution in [1.82, 2.24) is 20.2 Å². The van der Waals surface area contributed by atoms with Gasteiger partial charge in [-0.05, 0) is 51.0 Å². The molecule has 0 unspecified atom stereocenters. The minimum Gasteiger partial charge on any atom is -0.398 e. The Kier molecular flexibility index (Phi) is 5.49. The van der Waals surface area contributed by atoms with Gasteiger partial charge < -0.3 is 10.5 Å². The van der Waals surface area contributed by atoms with Crippen molar-refractivity contribution in [2.45, 2.75) is 26.3 Å². The first-order chi connectivity index (χ1) is 9.72. The van der Waals surface area contributed by atoms with Crippen LogP contribution in [0, 0.1) is 0 Å². The van der Waals surface area contributed by atoms with Gasteiger partial charge in [0.2, 0.25) is 0 Å². The molecular weight excluding hydrogens is 322 g/mol. The molecule has 0 spiro atoms. The van der Waals surface area contributed by atoms with Crippen molar-refractivity contribution >= 4 is 21.6 Å². The first kappa shape index (κ1) is 14.9.